The summed E-state index contributed by atoms with van der Waals surface area (Å²) in [5.74, 6) is 0.909. The quantitative estimate of drug-likeness (QED) is 0.821. The summed E-state index contributed by atoms with van der Waals surface area (Å²) < 4.78 is 1.07. The van der Waals surface area contributed by atoms with Crippen LogP contribution in [0, 0.1) is 5.92 Å². The lowest BCUT2D eigenvalue weighted by Gasteiger charge is -2.55. The molecule has 3 nitrogen and oxygen atoms in total. The number of nitrogens with zero attached hydrogens (tertiary/aromatic N) is 1. The molecular formula is C20H34N3+. The van der Waals surface area contributed by atoms with E-state index in [1.165, 1.54) is 31.4 Å². The lowest BCUT2D eigenvalue weighted by molar-refractivity contribution is -0.946. The van der Waals surface area contributed by atoms with Gasteiger partial charge in [0.25, 0.3) is 0 Å². The Labute approximate surface area is 141 Å². The van der Waals surface area contributed by atoms with Gasteiger partial charge in [-0.2, -0.15) is 0 Å². The first-order chi connectivity index (χ1) is 10.9. The molecule has 2 aliphatic carbocycles. The molecule has 0 spiro atoms. The molecule has 2 saturated carbocycles. The largest absolute Gasteiger partial charge is 0.325 e. The van der Waals surface area contributed by atoms with E-state index in [9.17, 15) is 0 Å². The molecule has 3 heteroatoms. The number of nitrogens with two attached hydrogens (primary N) is 2. The first-order valence-corrected chi connectivity index (χ1v) is 9.28. The van der Waals surface area contributed by atoms with E-state index >= 15 is 0 Å². The summed E-state index contributed by atoms with van der Waals surface area (Å²) in [6.45, 7) is 2.05. The predicted octanol–water partition coefficient (Wildman–Crippen LogP) is 2.99. The third kappa shape index (κ3) is 3.07. The summed E-state index contributed by atoms with van der Waals surface area (Å²) in [6.07, 6.45) is 8.59. The molecule has 0 unspecified atom stereocenters. The molecular weight excluding hydrogens is 282 g/mol. The Kier molecular flexibility index (Phi) is 4.56. The monoisotopic (exact) mass is 316 g/mol. The Morgan fingerprint density at radius 2 is 1.65 bits per heavy atom. The third-order valence-corrected chi connectivity index (χ3v) is 7.03. The number of likely N-dealkylation sites (N-methyl/N-ethyl adjacent to an activating group) is 1. The van der Waals surface area contributed by atoms with Crippen molar-refractivity contribution in [1.82, 2.24) is 0 Å². The molecule has 0 aromatic heterocycles. The topological polar surface area (TPSA) is 52.0 Å². The van der Waals surface area contributed by atoms with Crippen LogP contribution in [0.3, 0.4) is 0 Å². The molecule has 0 aliphatic heterocycles. The second-order valence-electron chi connectivity index (χ2n) is 8.62. The second kappa shape index (κ2) is 6.19. The van der Waals surface area contributed by atoms with Crippen LogP contribution in [0.25, 0.3) is 0 Å². The van der Waals surface area contributed by atoms with Gasteiger partial charge in [0.1, 0.15) is 5.54 Å². The van der Waals surface area contributed by atoms with Crippen LogP contribution in [-0.2, 0) is 5.54 Å². The van der Waals surface area contributed by atoms with E-state index in [0.29, 0.717) is 0 Å². The van der Waals surface area contributed by atoms with Crippen molar-refractivity contribution in [1.29, 1.82) is 0 Å². The fraction of sp³-hybridized carbons (Fsp3) is 0.700. The van der Waals surface area contributed by atoms with E-state index in [4.69, 9.17) is 11.5 Å². The Bertz CT molecular complexity index is 511. The highest BCUT2D eigenvalue weighted by Crippen LogP contribution is 2.45. The van der Waals surface area contributed by atoms with E-state index in [2.05, 4.69) is 44.4 Å². The molecule has 128 valence electrons. The van der Waals surface area contributed by atoms with E-state index in [-0.39, 0.29) is 11.1 Å². The van der Waals surface area contributed by atoms with Crippen molar-refractivity contribution in [2.75, 3.05) is 27.2 Å². The maximum atomic E-state index is 6.79. The van der Waals surface area contributed by atoms with Gasteiger partial charge >= 0.3 is 0 Å². The number of benzene rings is 1. The van der Waals surface area contributed by atoms with Crippen LogP contribution in [0.15, 0.2) is 30.3 Å². The summed E-state index contributed by atoms with van der Waals surface area (Å²) in [7, 11) is 4.80. The summed E-state index contributed by atoms with van der Waals surface area (Å²) in [4.78, 5) is 0. The Balaban J connectivity index is 1.74. The lowest BCUT2D eigenvalue weighted by atomic mass is 9.68. The van der Waals surface area contributed by atoms with Crippen molar-refractivity contribution in [2.24, 2.45) is 17.4 Å². The van der Waals surface area contributed by atoms with Crippen LogP contribution in [0.5, 0.6) is 0 Å². The third-order valence-electron chi connectivity index (χ3n) is 7.03. The summed E-state index contributed by atoms with van der Waals surface area (Å²) in [5.41, 5.74) is 14.4. The van der Waals surface area contributed by atoms with Crippen molar-refractivity contribution < 1.29 is 4.48 Å². The number of hydrogen-bond donors (Lipinski definition) is 2. The number of rotatable bonds is 5. The second-order valence-corrected chi connectivity index (χ2v) is 8.62. The predicted molar refractivity (Wildman–Crippen MR) is 96.9 cm³/mol. The highest BCUT2D eigenvalue weighted by molar-refractivity contribution is 5.25. The maximum absolute atomic E-state index is 6.79. The lowest BCUT2D eigenvalue weighted by Crippen LogP contribution is -2.67. The molecule has 0 heterocycles. The molecule has 4 N–H and O–H groups in total. The molecule has 0 bridgehead atoms. The SMILES string of the molecule is C[N+](C)(CC1CCC1)C1(CN)CCC(N)(c2ccccc2)CC1. The fourth-order valence-electron chi connectivity index (χ4n) is 4.79. The van der Waals surface area contributed by atoms with Crippen LogP contribution in [-0.4, -0.2) is 37.2 Å². The maximum Gasteiger partial charge on any atom is 0.111 e. The van der Waals surface area contributed by atoms with E-state index in [1.807, 2.05) is 0 Å². The molecule has 2 aliphatic rings. The average molecular weight is 317 g/mol. The van der Waals surface area contributed by atoms with E-state index in [1.54, 1.807) is 0 Å². The Morgan fingerprint density at radius 3 is 2.13 bits per heavy atom. The molecule has 1 aromatic rings. The smallest absolute Gasteiger partial charge is 0.111 e. The molecule has 23 heavy (non-hydrogen) atoms. The Hall–Kier alpha value is -0.900. The molecule has 2 fully saturated rings. The molecule has 0 radical (unpaired) electrons. The minimum absolute atomic E-state index is 0.170. The molecule has 0 saturated heterocycles. The first kappa shape index (κ1) is 16.9. The standard InChI is InChI=1S/C20H34N3/c1-23(2,15-17-7-6-8-17)19(16-21)11-13-20(22,14-12-19)18-9-4-3-5-10-18/h3-5,9-10,17H,6-8,11-16,21-22H2,1-2H3/q+1. The average Bonchev–Trinajstić information content (AvgIpc) is 2.53. The zero-order valence-electron chi connectivity index (χ0n) is 14.9. The van der Waals surface area contributed by atoms with Gasteiger partial charge in [-0.15, -0.1) is 0 Å². The zero-order chi connectivity index (χ0) is 16.6. The van der Waals surface area contributed by atoms with Gasteiger partial charge in [-0.25, -0.2) is 0 Å². The number of quaternary nitrogens is 1. The van der Waals surface area contributed by atoms with Gasteiger partial charge < -0.3 is 16.0 Å². The Morgan fingerprint density at radius 1 is 1.04 bits per heavy atom. The van der Waals surface area contributed by atoms with Gasteiger partial charge in [-0.1, -0.05) is 36.8 Å². The van der Waals surface area contributed by atoms with Crippen molar-refractivity contribution in [3.8, 4) is 0 Å². The zero-order valence-corrected chi connectivity index (χ0v) is 14.9. The van der Waals surface area contributed by atoms with Gasteiger partial charge in [0.15, 0.2) is 0 Å². The summed E-state index contributed by atoms with van der Waals surface area (Å²) in [5, 5.41) is 0. The van der Waals surface area contributed by atoms with Gasteiger partial charge in [0.05, 0.1) is 20.6 Å². The summed E-state index contributed by atoms with van der Waals surface area (Å²) in [6, 6.07) is 10.6. The van der Waals surface area contributed by atoms with Crippen LogP contribution in [0.1, 0.15) is 50.5 Å². The minimum atomic E-state index is -0.170. The van der Waals surface area contributed by atoms with Crippen LogP contribution in [0.4, 0.5) is 0 Å². The number of hydrogen-bond acceptors (Lipinski definition) is 2. The van der Waals surface area contributed by atoms with Gasteiger partial charge in [0.2, 0.25) is 0 Å². The molecule has 0 atom stereocenters. The van der Waals surface area contributed by atoms with Crippen molar-refractivity contribution >= 4 is 0 Å². The van der Waals surface area contributed by atoms with E-state index < -0.39 is 0 Å². The highest BCUT2D eigenvalue weighted by Gasteiger charge is 2.51. The summed E-state index contributed by atoms with van der Waals surface area (Å²) >= 11 is 0. The van der Waals surface area contributed by atoms with Crippen LogP contribution in [0.2, 0.25) is 0 Å². The van der Waals surface area contributed by atoms with Gasteiger partial charge in [-0.3, -0.25) is 0 Å². The molecule has 3 rings (SSSR count). The van der Waals surface area contributed by atoms with Crippen molar-refractivity contribution in [3.05, 3.63) is 35.9 Å². The van der Waals surface area contributed by atoms with Crippen LogP contribution >= 0.6 is 0 Å². The molecule has 1 aromatic carbocycles. The first-order valence-electron chi connectivity index (χ1n) is 9.28. The van der Waals surface area contributed by atoms with Gasteiger partial charge in [-0.05, 0) is 31.2 Å². The fourth-order valence-corrected chi connectivity index (χ4v) is 4.79. The van der Waals surface area contributed by atoms with Crippen molar-refractivity contribution in [3.63, 3.8) is 0 Å². The minimum Gasteiger partial charge on any atom is -0.325 e. The highest BCUT2D eigenvalue weighted by atomic mass is 15.4. The van der Waals surface area contributed by atoms with Crippen LogP contribution < -0.4 is 11.5 Å². The van der Waals surface area contributed by atoms with Crippen molar-refractivity contribution in [2.45, 2.75) is 56.0 Å². The normalized spacial score (nSPS) is 32.5. The van der Waals surface area contributed by atoms with Gasteiger partial charge in [0, 0.05) is 30.8 Å². The van der Waals surface area contributed by atoms with E-state index in [0.717, 1.165) is 42.6 Å². The molecule has 0 amide bonds.